The minimum Gasteiger partial charge on any atom is -0.378 e. The molecule has 0 fully saturated rings. The van der Waals surface area contributed by atoms with Gasteiger partial charge in [0.1, 0.15) is 0 Å². The van der Waals surface area contributed by atoms with E-state index in [0.717, 1.165) is 0 Å². The van der Waals surface area contributed by atoms with Crippen LogP contribution in [-0.4, -0.2) is 0 Å². The average Bonchev–Trinajstić information content (AvgIpc) is 2.39. The summed E-state index contributed by atoms with van der Waals surface area (Å²) < 4.78 is 0. The van der Waals surface area contributed by atoms with Crippen molar-refractivity contribution in [1.82, 2.24) is 0 Å². The fourth-order valence-corrected chi connectivity index (χ4v) is 2.37. The molecule has 0 unspecified atom stereocenters. The van der Waals surface area contributed by atoms with Gasteiger partial charge in [-0.05, 0) is 30.0 Å². The van der Waals surface area contributed by atoms with Crippen LogP contribution in [0.5, 0.6) is 0 Å². The first-order chi connectivity index (χ1) is 7.93. The summed E-state index contributed by atoms with van der Waals surface area (Å²) in [5.41, 5.74) is 4.12. The second-order valence-electron chi connectivity index (χ2n) is 4.30. The SMILES string of the molecule is c1ccc([C@H]2CCc3ccccc3N2)cc1. The van der Waals surface area contributed by atoms with Crippen LogP contribution < -0.4 is 5.32 Å². The van der Waals surface area contributed by atoms with Gasteiger partial charge in [0.05, 0.1) is 6.04 Å². The van der Waals surface area contributed by atoms with Gasteiger partial charge in [0.15, 0.2) is 0 Å². The number of hydrogen-bond donors (Lipinski definition) is 1. The van der Waals surface area contributed by atoms with Gasteiger partial charge in [-0.15, -0.1) is 0 Å². The Kier molecular flexibility index (Phi) is 2.37. The van der Waals surface area contributed by atoms with Crippen LogP contribution >= 0.6 is 0 Å². The third-order valence-electron chi connectivity index (χ3n) is 3.25. The Labute approximate surface area is 96.1 Å². The molecule has 0 aromatic heterocycles. The third kappa shape index (κ3) is 1.69. The minimum absolute atomic E-state index is 0.469. The average molecular weight is 209 g/mol. The standard InChI is InChI=1S/C15H15N/c1-2-6-12(7-3-1)15-11-10-13-8-4-5-9-14(13)16-15/h1-9,15-16H,10-11H2/t15-/m1/s1. The van der Waals surface area contributed by atoms with Gasteiger partial charge in [-0.2, -0.15) is 0 Å². The van der Waals surface area contributed by atoms with Gasteiger partial charge < -0.3 is 5.32 Å². The number of fused-ring (bicyclic) bond motifs is 1. The molecule has 80 valence electrons. The van der Waals surface area contributed by atoms with E-state index in [2.05, 4.69) is 59.9 Å². The normalized spacial score (nSPS) is 18.6. The topological polar surface area (TPSA) is 12.0 Å². The van der Waals surface area contributed by atoms with Crippen LogP contribution in [0.25, 0.3) is 0 Å². The van der Waals surface area contributed by atoms with Gasteiger partial charge in [-0.3, -0.25) is 0 Å². The molecule has 2 aromatic rings. The van der Waals surface area contributed by atoms with Crippen molar-refractivity contribution in [1.29, 1.82) is 0 Å². The summed E-state index contributed by atoms with van der Waals surface area (Å²) in [5.74, 6) is 0. The lowest BCUT2D eigenvalue weighted by molar-refractivity contribution is 0.668. The van der Waals surface area contributed by atoms with E-state index in [1.807, 2.05) is 0 Å². The number of benzene rings is 2. The highest BCUT2D eigenvalue weighted by Crippen LogP contribution is 2.31. The van der Waals surface area contributed by atoms with Crippen molar-refractivity contribution < 1.29 is 0 Å². The van der Waals surface area contributed by atoms with Crippen LogP contribution in [0.1, 0.15) is 23.6 Å². The molecule has 0 radical (unpaired) electrons. The van der Waals surface area contributed by atoms with Crippen molar-refractivity contribution in [2.45, 2.75) is 18.9 Å². The Morgan fingerprint density at radius 3 is 2.50 bits per heavy atom. The van der Waals surface area contributed by atoms with Gasteiger partial charge in [0, 0.05) is 5.69 Å². The molecule has 0 spiro atoms. The predicted octanol–water partition coefficient (Wildman–Crippen LogP) is 3.79. The molecule has 2 aromatic carbocycles. The number of aryl methyl sites for hydroxylation is 1. The van der Waals surface area contributed by atoms with Crippen molar-refractivity contribution in [2.24, 2.45) is 0 Å². The van der Waals surface area contributed by atoms with Crippen molar-refractivity contribution in [3.8, 4) is 0 Å². The maximum Gasteiger partial charge on any atom is 0.0517 e. The number of nitrogens with one attached hydrogen (secondary N) is 1. The van der Waals surface area contributed by atoms with Crippen LogP contribution in [0.15, 0.2) is 54.6 Å². The maximum absolute atomic E-state index is 3.61. The van der Waals surface area contributed by atoms with Gasteiger partial charge in [-0.25, -0.2) is 0 Å². The van der Waals surface area contributed by atoms with Crippen LogP contribution in [0.2, 0.25) is 0 Å². The third-order valence-corrected chi connectivity index (χ3v) is 3.25. The lowest BCUT2D eigenvalue weighted by atomic mass is 9.94. The Balaban J connectivity index is 1.89. The zero-order valence-electron chi connectivity index (χ0n) is 9.19. The Morgan fingerprint density at radius 1 is 0.875 bits per heavy atom. The highest BCUT2D eigenvalue weighted by Gasteiger charge is 2.17. The molecular weight excluding hydrogens is 194 g/mol. The Hall–Kier alpha value is -1.76. The largest absolute Gasteiger partial charge is 0.378 e. The van der Waals surface area contributed by atoms with Crippen LogP contribution in [0.4, 0.5) is 5.69 Å². The molecule has 1 heteroatoms. The molecule has 1 aliphatic heterocycles. The lowest BCUT2D eigenvalue weighted by Crippen LogP contribution is -2.17. The van der Waals surface area contributed by atoms with Crippen molar-refractivity contribution in [3.05, 3.63) is 65.7 Å². The number of hydrogen-bond acceptors (Lipinski definition) is 1. The lowest BCUT2D eigenvalue weighted by Gasteiger charge is -2.27. The van der Waals surface area contributed by atoms with E-state index in [1.165, 1.54) is 29.7 Å². The summed E-state index contributed by atoms with van der Waals surface area (Å²) in [6.07, 6.45) is 2.35. The number of anilines is 1. The molecule has 1 atom stereocenters. The van der Waals surface area contributed by atoms with E-state index >= 15 is 0 Å². The zero-order valence-corrected chi connectivity index (χ0v) is 9.19. The summed E-state index contributed by atoms with van der Waals surface area (Å²) in [4.78, 5) is 0. The smallest absolute Gasteiger partial charge is 0.0517 e. The van der Waals surface area contributed by atoms with Crippen molar-refractivity contribution in [3.63, 3.8) is 0 Å². The van der Waals surface area contributed by atoms with Gasteiger partial charge in [-0.1, -0.05) is 48.5 Å². The second-order valence-corrected chi connectivity index (χ2v) is 4.30. The molecule has 0 saturated carbocycles. The first kappa shape index (κ1) is 9.46. The molecule has 1 heterocycles. The van der Waals surface area contributed by atoms with E-state index in [0.29, 0.717) is 6.04 Å². The van der Waals surface area contributed by atoms with Gasteiger partial charge in [0.2, 0.25) is 0 Å². The quantitative estimate of drug-likeness (QED) is 0.753. The fourth-order valence-electron chi connectivity index (χ4n) is 2.37. The maximum atomic E-state index is 3.61. The minimum atomic E-state index is 0.469. The highest BCUT2D eigenvalue weighted by atomic mass is 14.9. The second kappa shape index (κ2) is 4.01. The van der Waals surface area contributed by atoms with E-state index < -0.39 is 0 Å². The first-order valence-electron chi connectivity index (χ1n) is 5.83. The summed E-state index contributed by atoms with van der Waals surface area (Å²) in [7, 11) is 0. The molecule has 0 aliphatic carbocycles. The Bertz CT molecular complexity index is 476. The summed E-state index contributed by atoms with van der Waals surface area (Å²) in [6.45, 7) is 0. The monoisotopic (exact) mass is 209 g/mol. The van der Waals surface area contributed by atoms with Crippen LogP contribution in [-0.2, 0) is 6.42 Å². The van der Waals surface area contributed by atoms with E-state index in [1.54, 1.807) is 0 Å². The molecule has 1 aliphatic rings. The molecule has 1 nitrogen and oxygen atoms in total. The molecule has 0 saturated heterocycles. The van der Waals surface area contributed by atoms with Gasteiger partial charge in [0.25, 0.3) is 0 Å². The number of para-hydroxylation sites is 1. The number of rotatable bonds is 1. The van der Waals surface area contributed by atoms with Crippen LogP contribution in [0, 0.1) is 0 Å². The van der Waals surface area contributed by atoms with Crippen molar-refractivity contribution in [2.75, 3.05) is 5.32 Å². The summed E-state index contributed by atoms with van der Waals surface area (Å²) in [5, 5.41) is 3.61. The molecule has 16 heavy (non-hydrogen) atoms. The van der Waals surface area contributed by atoms with E-state index in [9.17, 15) is 0 Å². The molecular formula is C15H15N. The fraction of sp³-hybridized carbons (Fsp3) is 0.200. The van der Waals surface area contributed by atoms with Crippen molar-refractivity contribution >= 4 is 5.69 Å². The molecule has 3 rings (SSSR count). The van der Waals surface area contributed by atoms with Gasteiger partial charge >= 0.3 is 0 Å². The molecule has 1 N–H and O–H groups in total. The van der Waals surface area contributed by atoms with E-state index in [4.69, 9.17) is 0 Å². The predicted molar refractivity (Wildman–Crippen MR) is 67.6 cm³/mol. The molecule has 0 amide bonds. The molecule has 0 bridgehead atoms. The van der Waals surface area contributed by atoms with E-state index in [-0.39, 0.29) is 0 Å². The first-order valence-corrected chi connectivity index (χ1v) is 5.83. The zero-order chi connectivity index (χ0) is 10.8. The van der Waals surface area contributed by atoms with Crippen LogP contribution in [0.3, 0.4) is 0 Å². The summed E-state index contributed by atoms with van der Waals surface area (Å²) in [6, 6.07) is 19.7. The Morgan fingerprint density at radius 2 is 1.62 bits per heavy atom. The summed E-state index contributed by atoms with van der Waals surface area (Å²) >= 11 is 0. The highest BCUT2D eigenvalue weighted by molar-refractivity contribution is 5.54.